The van der Waals surface area contributed by atoms with E-state index >= 15 is 0 Å². The SMILES string of the molecule is O=C1c2ccccc2C(=O)C1(C1c2ccccc2-c2ccccc21)[N+](=O)[O-]. The van der Waals surface area contributed by atoms with E-state index in [1.807, 2.05) is 24.3 Å². The van der Waals surface area contributed by atoms with Gasteiger partial charge >= 0.3 is 5.54 Å². The predicted molar refractivity (Wildman–Crippen MR) is 98.5 cm³/mol. The van der Waals surface area contributed by atoms with Gasteiger partial charge in [-0.15, -0.1) is 0 Å². The van der Waals surface area contributed by atoms with Gasteiger partial charge in [0.25, 0.3) is 0 Å². The first kappa shape index (κ1) is 15.6. The zero-order valence-corrected chi connectivity index (χ0v) is 14.1. The lowest BCUT2D eigenvalue weighted by atomic mass is 9.74. The fourth-order valence-electron chi connectivity index (χ4n) is 4.53. The number of carbonyl (C=O) groups excluding carboxylic acids is 2. The molecule has 2 aliphatic rings. The van der Waals surface area contributed by atoms with E-state index in [1.165, 1.54) is 12.1 Å². The maximum Gasteiger partial charge on any atom is 0.355 e. The number of carbonyl (C=O) groups is 2. The smallest absolute Gasteiger partial charge is 0.285 e. The molecule has 5 rings (SSSR count). The van der Waals surface area contributed by atoms with Gasteiger partial charge in [-0.1, -0.05) is 72.8 Å². The summed E-state index contributed by atoms with van der Waals surface area (Å²) in [5, 5.41) is 12.4. The summed E-state index contributed by atoms with van der Waals surface area (Å²) >= 11 is 0. The lowest BCUT2D eigenvalue weighted by Crippen LogP contribution is -2.53. The van der Waals surface area contributed by atoms with Gasteiger partial charge in [0.2, 0.25) is 11.6 Å². The Balaban J connectivity index is 1.87. The quantitative estimate of drug-likeness (QED) is 0.397. The molecule has 0 aliphatic heterocycles. The average molecular weight is 355 g/mol. The first-order chi connectivity index (χ1) is 13.1. The number of benzene rings is 3. The van der Waals surface area contributed by atoms with E-state index < -0.39 is 27.9 Å². The molecule has 5 nitrogen and oxygen atoms in total. The molecule has 0 aromatic heterocycles. The summed E-state index contributed by atoms with van der Waals surface area (Å²) in [6.07, 6.45) is 0. The Hall–Kier alpha value is -3.60. The molecule has 0 saturated carbocycles. The minimum Gasteiger partial charge on any atom is -0.285 e. The zero-order chi connectivity index (χ0) is 18.8. The number of fused-ring (bicyclic) bond motifs is 4. The molecular formula is C22H13NO4. The van der Waals surface area contributed by atoms with Crippen LogP contribution in [0.4, 0.5) is 0 Å². The third kappa shape index (κ3) is 1.73. The number of ketones is 2. The number of nitrogens with zero attached hydrogens (tertiary/aromatic N) is 1. The Morgan fingerprint density at radius 1 is 0.667 bits per heavy atom. The second-order valence-corrected chi connectivity index (χ2v) is 6.83. The van der Waals surface area contributed by atoms with Gasteiger partial charge in [0.05, 0.1) is 5.92 Å². The Morgan fingerprint density at radius 2 is 1.04 bits per heavy atom. The van der Waals surface area contributed by atoms with Crippen LogP contribution in [0, 0.1) is 10.1 Å². The van der Waals surface area contributed by atoms with Crippen LogP contribution in [0.25, 0.3) is 11.1 Å². The molecule has 0 unspecified atom stereocenters. The van der Waals surface area contributed by atoms with E-state index in [4.69, 9.17) is 0 Å². The highest BCUT2D eigenvalue weighted by atomic mass is 16.6. The highest BCUT2D eigenvalue weighted by Crippen LogP contribution is 2.54. The van der Waals surface area contributed by atoms with Gasteiger partial charge in [-0.05, 0) is 22.3 Å². The second-order valence-electron chi connectivity index (χ2n) is 6.83. The Bertz CT molecular complexity index is 1080. The van der Waals surface area contributed by atoms with Gasteiger partial charge in [0.15, 0.2) is 0 Å². The van der Waals surface area contributed by atoms with Crippen LogP contribution in [0.2, 0.25) is 0 Å². The molecule has 3 aromatic rings. The summed E-state index contributed by atoms with van der Waals surface area (Å²) in [5.74, 6) is -2.42. The summed E-state index contributed by atoms with van der Waals surface area (Å²) < 4.78 is 0. The molecule has 5 heteroatoms. The second kappa shape index (κ2) is 5.20. The summed E-state index contributed by atoms with van der Waals surface area (Å²) in [5.41, 5.74) is 0.829. The Morgan fingerprint density at radius 3 is 1.44 bits per heavy atom. The molecule has 2 aliphatic carbocycles. The summed E-state index contributed by atoms with van der Waals surface area (Å²) in [7, 11) is 0. The van der Waals surface area contributed by atoms with Crippen molar-refractivity contribution in [2.75, 3.05) is 0 Å². The van der Waals surface area contributed by atoms with Crippen molar-refractivity contribution in [1.29, 1.82) is 0 Å². The van der Waals surface area contributed by atoms with Crippen molar-refractivity contribution in [3.05, 3.63) is 105 Å². The molecule has 0 fully saturated rings. The van der Waals surface area contributed by atoms with E-state index in [-0.39, 0.29) is 11.1 Å². The van der Waals surface area contributed by atoms with Crippen molar-refractivity contribution in [1.82, 2.24) is 0 Å². The van der Waals surface area contributed by atoms with Gasteiger partial charge in [-0.25, -0.2) is 0 Å². The summed E-state index contributed by atoms with van der Waals surface area (Å²) in [4.78, 5) is 38.3. The third-order valence-electron chi connectivity index (χ3n) is 5.65. The van der Waals surface area contributed by atoms with Gasteiger partial charge in [0.1, 0.15) is 0 Å². The van der Waals surface area contributed by atoms with E-state index in [1.54, 1.807) is 36.4 Å². The minimum absolute atomic E-state index is 0.126. The van der Waals surface area contributed by atoms with Crippen LogP contribution in [-0.4, -0.2) is 22.0 Å². The molecule has 0 atom stereocenters. The first-order valence-electron chi connectivity index (χ1n) is 8.60. The van der Waals surface area contributed by atoms with Crippen molar-refractivity contribution in [3.63, 3.8) is 0 Å². The topological polar surface area (TPSA) is 77.3 Å². The van der Waals surface area contributed by atoms with E-state index in [0.29, 0.717) is 11.1 Å². The lowest BCUT2D eigenvalue weighted by molar-refractivity contribution is -0.532. The predicted octanol–water partition coefficient (Wildman–Crippen LogP) is 3.89. The average Bonchev–Trinajstić information content (AvgIpc) is 3.14. The molecule has 0 N–H and O–H groups in total. The molecule has 0 bridgehead atoms. The van der Waals surface area contributed by atoms with Gasteiger partial charge in [0, 0.05) is 16.1 Å². The van der Waals surface area contributed by atoms with Crippen molar-refractivity contribution >= 4 is 11.6 Å². The zero-order valence-electron chi connectivity index (χ0n) is 14.1. The summed E-state index contributed by atoms with van der Waals surface area (Å²) in [6, 6.07) is 20.8. The van der Waals surface area contributed by atoms with Crippen molar-refractivity contribution in [2.45, 2.75) is 11.5 Å². The molecule has 130 valence electrons. The van der Waals surface area contributed by atoms with Crippen LogP contribution in [0.5, 0.6) is 0 Å². The molecule has 0 heterocycles. The van der Waals surface area contributed by atoms with E-state index in [9.17, 15) is 19.7 Å². The molecular weight excluding hydrogens is 342 g/mol. The van der Waals surface area contributed by atoms with Crippen LogP contribution >= 0.6 is 0 Å². The lowest BCUT2D eigenvalue weighted by Gasteiger charge is -2.25. The monoisotopic (exact) mass is 355 g/mol. The number of hydrogen-bond acceptors (Lipinski definition) is 4. The van der Waals surface area contributed by atoms with Crippen molar-refractivity contribution in [2.24, 2.45) is 0 Å². The van der Waals surface area contributed by atoms with Crippen molar-refractivity contribution < 1.29 is 14.5 Å². The Labute approximate surface area is 154 Å². The van der Waals surface area contributed by atoms with Crippen LogP contribution in [0.15, 0.2) is 72.8 Å². The number of nitro groups is 1. The van der Waals surface area contributed by atoms with Crippen LogP contribution in [-0.2, 0) is 0 Å². The van der Waals surface area contributed by atoms with Crippen LogP contribution in [0.3, 0.4) is 0 Å². The van der Waals surface area contributed by atoms with Crippen LogP contribution in [0.1, 0.15) is 37.8 Å². The van der Waals surface area contributed by atoms with Gasteiger partial charge < -0.3 is 0 Å². The maximum atomic E-state index is 13.3. The van der Waals surface area contributed by atoms with Gasteiger partial charge in [-0.3, -0.25) is 19.7 Å². The molecule has 0 spiro atoms. The van der Waals surface area contributed by atoms with E-state index in [0.717, 1.165) is 11.1 Å². The fourth-order valence-corrected chi connectivity index (χ4v) is 4.53. The fraction of sp³-hybridized carbons (Fsp3) is 0.0909. The Kier molecular flexibility index (Phi) is 3.01. The van der Waals surface area contributed by atoms with Crippen molar-refractivity contribution in [3.8, 4) is 11.1 Å². The molecule has 0 amide bonds. The third-order valence-corrected chi connectivity index (χ3v) is 5.65. The normalized spacial score (nSPS) is 16.7. The standard InChI is InChI=1S/C22H13NO4/c24-20-17-11-5-6-12-18(17)21(25)22(20,23(26)27)19-15-9-3-1-7-13(15)14-8-2-4-10-16(14)19/h1-12,19H. The molecule has 0 radical (unpaired) electrons. The van der Waals surface area contributed by atoms with E-state index in [2.05, 4.69) is 0 Å². The summed E-state index contributed by atoms with van der Waals surface area (Å²) in [6.45, 7) is 0. The largest absolute Gasteiger partial charge is 0.355 e. The number of hydrogen-bond donors (Lipinski definition) is 0. The maximum absolute atomic E-state index is 13.3. The van der Waals surface area contributed by atoms with Gasteiger partial charge in [-0.2, -0.15) is 0 Å². The highest BCUT2D eigenvalue weighted by molar-refractivity contribution is 6.33. The molecule has 0 saturated heterocycles. The number of rotatable bonds is 2. The molecule has 27 heavy (non-hydrogen) atoms. The number of Topliss-reactive ketones (excluding diaryl/α,β-unsaturated/α-hetero) is 2. The minimum atomic E-state index is -2.37. The first-order valence-corrected chi connectivity index (χ1v) is 8.60. The highest BCUT2D eigenvalue weighted by Gasteiger charge is 2.70. The molecule has 3 aromatic carbocycles. The van der Waals surface area contributed by atoms with Crippen LogP contribution < -0.4 is 0 Å².